The molecule has 0 aliphatic heterocycles. The third-order valence-electron chi connectivity index (χ3n) is 3.88. The number of aryl methyl sites for hydroxylation is 1. The van der Waals surface area contributed by atoms with Gasteiger partial charge in [-0.05, 0) is 31.2 Å². The standard InChI is InChI=1S/C18H20N6O4S/c1-11-12(8-20-22-11)7-19-15(25)9-28-10-16-23-24-18(29-16)17(26)21-13-3-5-14(27-2)6-4-13/h3-6,8H,7,9-10H2,1-2H3,(H,19,25)(H,20,22)(H,21,26). The molecule has 0 saturated heterocycles. The minimum Gasteiger partial charge on any atom is -0.497 e. The van der Waals surface area contributed by atoms with Crippen LogP contribution in [0, 0.1) is 6.92 Å². The summed E-state index contributed by atoms with van der Waals surface area (Å²) < 4.78 is 10.4. The van der Waals surface area contributed by atoms with Gasteiger partial charge in [0.15, 0.2) is 0 Å². The third-order valence-corrected chi connectivity index (χ3v) is 4.77. The zero-order valence-electron chi connectivity index (χ0n) is 15.9. The molecule has 3 N–H and O–H groups in total. The van der Waals surface area contributed by atoms with Gasteiger partial charge in [-0.2, -0.15) is 5.10 Å². The summed E-state index contributed by atoms with van der Waals surface area (Å²) in [7, 11) is 1.57. The molecular weight excluding hydrogens is 396 g/mol. The van der Waals surface area contributed by atoms with Gasteiger partial charge in [0.1, 0.15) is 24.0 Å². The normalized spacial score (nSPS) is 10.6. The van der Waals surface area contributed by atoms with E-state index in [-0.39, 0.29) is 30.0 Å². The highest BCUT2D eigenvalue weighted by atomic mass is 32.1. The molecule has 2 amide bonds. The summed E-state index contributed by atoms with van der Waals surface area (Å²) in [6, 6.07) is 6.94. The Balaban J connectivity index is 1.41. The summed E-state index contributed by atoms with van der Waals surface area (Å²) in [6.07, 6.45) is 1.66. The fourth-order valence-corrected chi connectivity index (χ4v) is 2.96. The third kappa shape index (κ3) is 5.83. The summed E-state index contributed by atoms with van der Waals surface area (Å²) in [5, 5.41) is 20.7. The van der Waals surface area contributed by atoms with Gasteiger partial charge in [-0.1, -0.05) is 11.3 Å². The van der Waals surface area contributed by atoms with Crippen molar-refractivity contribution in [1.82, 2.24) is 25.7 Å². The number of carbonyl (C=O) groups is 2. The van der Waals surface area contributed by atoms with Crippen molar-refractivity contribution in [1.29, 1.82) is 0 Å². The molecule has 0 fully saturated rings. The molecule has 29 heavy (non-hydrogen) atoms. The van der Waals surface area contributed by atoms with E-state index < -0.39 is 0 Å². The van der Waals surface area contributed by atoms with Crippen LogP contribution >= 0.6 is 11.3 Å². The fourth-order valence-electron chi connectivity index (χ4n) is 2.29. The molecule has 11 heteroatoms. The number of methoxy groups -OCH3 is 1. The molecule has 0 saturated carbocycles. The van der Waals surface area contributed by atoms with Gasteiger partial charge in [-0.25, -0.2) is 0 Å². The summed E-state index contributed by atoms with van der Waals surface area (Å²) in [5.41, 5.74) is 2.43. The number of hydrogen-bond donors (Lipinski definition) is 3. The molecule has 0 aliphatic carbocycles. The Kier molecular flexibility index (Phi) is 6.87. The van der Waals surface area contributed by atoms with E-state index >= 15 is 0 Å². The van der Waals surface area contributed by atoms with Crippen LogP contribution < -0.4 is 15.4 Å². The van der Waals surface area contributed by atoms with Gasteiger partial charge in [0.2, 0.25) is 10.9 Å². The van der Waals surface area contributed by atoms with Gasteiger partial charge in [-0.3, -0.25) is 14.7 Å². The molecule has 0 bridgehead atoms. The van der Waals surface area contributed by atoms with Crippen molar-refractivity contribution in [3.8, 4) is 5.75 Å². The number of amides is 2. The van der Waals surface area contributed by atoms with Gasteiger partial charge >= 0.3 is 0 Å². The van der Waals surface area contributed by atoms with Crippen LogP contribution in [-0.4, -0.2) is 45.9 Å². The number of hydrogen-bond acceptors (Lipinski definition) is 8. The number of aromatic amines is 1. The summed E-state index contributed by atoms with van der Waals surface area (Å²) in [4.78, 5) is 24.1. The van der Waals surface area contributed by atoms with Crippen molar-refractivity contribution in [2.24, 2.45) is 0 Å². The van der Waals surface area contributed by atoms with E-state index in [1.54, 1.807) is 37.6 Å². The van der Waals surface area contributed by atoms with Gasteiger partial charge in [0, 0.05) is 23.5 Å². The average Bonchev–Trinajstić information content (AvgIpc) is 3.36. The Bertz CT molecular complexity index is 969. The van der Waals surface area contributed by atoms with Gasteiger partial charge in [0.05, 0.1) is 13.3 Å². The number of benzene rings is 1. The lowest BCUT2D eigenvalue weighted by molar-refractivity contribution is -0.126. The number of anilines is 1. The van der Waals surface area contributed by atoms with Gasteiger partial charge < -0.3 is 20.1 Å². The van der Waals surface area contributed by atoms with E-state index in [1.165, 1.54) is 0 Å². The zero-order valence-corrected chi connectivity index (χ0v) is 16.7. The maximum Gasteiger partial charge on any atom is 0.286 e. The van der Waals surface area contributed by atoms with Crippen LogP contribution in [0.1, 0.15) is 26.1 Å². The molecule has 152 valence electrons. The van der Waals surface area contributed by atoms with Crippen molar-refractivity contribution >= 4 is 28.8 Å². The molecule has 3 aromatic rings. The number of nitrogens with one attached hydrogen (secondary N) is 3. The lowest BCUT2D eigenvalue weighted by Crippen LogP contribution is -2.27. The van der Waals surface area contributed by atoms with E-state index in [0.717, 1.165) is 22.6 Å². The first-order valence-electron chi connectivity index (χ1n) is 8.66. The smallest absolute Gasteiger partial charge is 0.286 e. The Morgan fingerprint density at radius 2 is 2.00 bits per heavy atom. The van der Waals surface area contributed by atoms with Crippen LogP contribution in [0.2, 0.25) is 0 Å². The van der Waals surface area contributed by atoms with Crippen LogP contribution in [0.5, 0.6) is 5.75 Å². The predicted octanol–water partition coefficient (Wildman–Crippen LogP) is 1.66. The fraction of sp³-hybridized carbons (Fsp3) is 0.278. The minimum absolute atomic E-state index is 0.0889. The summed E-state index contributed by atoms with van der Waals surface area (Å²) in [6.45, 7) is 2.22. The van der Waals surface area contributed by atoms with E-state index in [0.29, 0.717) is 23.0 Å². The summed E-state index contributed by atoms with van der Waals surface area (Å²) >= 11 is 1.10. The van der Waals surface area contributed by atoms with Crippen molar-refractivity contribution in [3.63, 3.8) is 0 Å². The van der Waals surface area contributed by atoms with E-state index in [9.17, 15) is 9.59 Å². The molecule has 10 nitrogen and oxygen atoms in total. The Morgan fingerprint density at radius 3 is 2.69 bits per heavy atom. The van der Waals surface area contributed by atoms with E-state index in [2.05, 4.69) is 31.0 Å². The second-order valence-corrected chi connectivity index (χ2v) is 7.04. The molecular formula is C18H20N6O4S. The number of carbonyl (C=O) groups excluding carboxylic acids is 2. The Morgan fingerprint density at radius 1 is 1.21 bits per heavy atom. The van der Waals surface area contributed by atoms with Gasteiger partial charge in [0.25, 0.3) is 5.91 Å². The minimum atomic E-state index is -0.368. The van der Waals surface area contributed by atoms with Crippen molar-refractivity contribution in [2.45, 2.75) is 20.1 Å². The van der Waals surface area contributed by atoms with E-state index in [1.807, 2.05) is 6.92 Å². The first-order chi connectivity index (χ1) is 14.0. The Labute approximate surface area is 170 Å². The number of H-pyrrole nitrogens is 1. The highest BCUT2D eigenvalue weighted by molar-refractivity contribution is 7.13. The molecule has 0 radical (unpaired) electrons. The second kappa shape index (κ2) is 9.75. The second-order valence-electron chi connectivity index (χ2n) is 5.97. The highest BCUT2D eigenvalue weighted by Gasteiger charge is 2.14. The molecule has 2 aromatic heterocycles. The van der Waals surface area contributed by atoms with Crippen LogP contribution in [0.15, 0.2) is 30.5 Å². The van der Waals surface area contributed by atoms with Crippen LogP contribution in [0.25, 0.3) is 0 Å². The Hall–Kier alpha value is -3.31. The van der Waals surface area contributed by atoms with E-state index in [4.69, 9.17) is 9.47 Å². The molecule has 3 rings (SSSR count). The lowest BCUT2D eigenvalue weighted by Gasteiger charge is -2.04. The largest absolute Gasteiger partial charge is 0.497 e. The quantitative estimate of drug-likeness (QED) is 0.483. The highest BCUT2D eigenvalue weighted by Crippen LogP contribution is 2.17. The number of rotatable bonds is 9. The summed E-state index contributed by atoms with van der Waals surface area (Å²) in [5.74, 6) is 0.0713. The first-order valence-corrected chi connectivity index (χ1v) is 9.48. The monoisotopic (exact) mass is 416 g/mol. The number of nitrogens with zero attached hydrogens (tertiary/aromatic N) is 3. The molecule has 0 atom stereocenters. The molecule has 0 spiro atoms. The van der Waals surface area contributed by atoms with Crippen LogP contribution in [0.3, 0.4) is 0 Å². The lowest BCUT2D eigenvalue weighted by atomic mass is 10.2. The van der Waals surface area contributed by atoms with Gasteiger partial charge in [-0.15, -0.1) is 10.2 Å². The number of ether oxygens (including phenoxy) is 2. The van der Waals surface area contributed by atoms with Crippen molar-refractivity contribution in [3.05, 3.63) is 51.7 Å². The van der Waals surface area contributed by atoms with Crippen molar-refractivity contribution in [2.75, 3.05) is 19.0 Å². The first kappa shape index (κ1) is 20.4. The molecule has 2 heterocycles. The average molecular weight is 416 g/mol. The SMILES string of the molecule is COc1ccc(NC(=O)c2nnc(COCC(=O)NCc3cn[nH]c3C)s2)cc1. The molecule has 0 aliphatic rings. The maximum atomic E-state index is 12.2. The molecule has 0 unspecified atom stereocenters. The van der Waals surface area contributed by atoms with Crippen LogP contribution in [-0.2, 0) is 22.7 Å². The van der Waals surface area contributed by atoms with Crippen molar-refractivity contribution < 1.29 is 19.1 Å². The van der Waals surface area contributed by atoms with Crippen LogP contribution in [0.4, 0.5) is 5.69 Å². The predicted molar refractivity (Wildman–Crippen MR) is 106 cm³/mol. The number of aromatic nitrogens is 4. The molecule has 1 aromatic carbocycles. The zero-order chi connectivity index (χ0) is 20.6. The topological polar surface area (TPSA) is 131 Å². The maximum absolute atomic E-state index is 12.2.